The van der Waals surface area contributed by atoms with Crippen LogP contribution in [0.15, 0.2) is 42.5 Å². The van der Waals surface area contributed by atoms with Crippen molar-refractivity contribution in [3.8, 4) is 0 Å². The number of rotatable bonds is 3. The van der Waals surface area contributed by atoms with Crippen molar-refractivity contribution in [2.24, 2.45) is 0 Å². The van der Waals surface area contributed by atoms with Gasteiger partial charge in [-0.05, 0) is 43.7 Å². The van der Waals surface area contributed by atoms with E-state index in [0.29, 0.717) is 16.8 Å². The fraction of sp³-hybridized carbons (Fsp3) is 0.188. The maximum atomic E-state index is 13.2. The highest BCUT2D eigenvalue weighted by Gasteiger charge is 2.14. The Balaban J connectivity index is 2.17. The molecule has 2 rings (SSSR count). The summed E-state index contributed by atoms with van der Waals surface area (Å²) in [6.45, 7) is 3.70. The topological polar surface area (TPSA) is 55.1 Å². The van der Waals surface area contributed by atoms with Gasteiger partial charge in [-0.3, -0.25) is 4.79 Å². The van der Waals surface area contributed by atoms with Gasteiger partial charge in [-0.2, -0.15) is 0 Å². The van der Waals surface area contributed by atoms with Gasteiger partial charge >= 0.3 is 0 Å². The summed E-state index contributed by atoms with van der Waals surface area (Å²) in [6.07, 6.45) is 0. The number of hydrogen-bond donors (Lipinski definition) is 2. The molecule has 0 aliphatic rings. The van der Waals surface area contributed by atoms with Crippen LogP contribution in [0, 0.1) is 12.7 Å². The Bertz CT molecular complexity index is 640. The van der Waals surface area contributed by atoms with Crippen molar-refractivity contribution in [1.29, 1.82) is 0 Å². The maximum absolute atomic E-state index is 13.2. The van der Waals surface area contributed by atoms with Gasteiger partial charge in [0.1, 0.15) is 5.82 Å². The third-order valence-corrected chi connectivity index (χ3v) is 3.15. The number of hydrogen-bond acceptors (Lipinski definition) is 2. The molecule has 0 aliphatic heterocycles. The summed E-state index contributed by atoms with van der Waals surface area (Å²) in [5, 5.41) is 2.82. The zero-order valence-corrected chi connectivity index (χ0v) is 11.5. The Morgan fingerprint density at radius 3 is 2.70 bits per heavy atom. The number of nitrogens with one attached hydrogen (secondary N) is 1. The van der Waals surface area contributed by atoms with Gasteiger partial charge in [-0.25, -0.2) is 4.39 Å². The summed E-state index contributed by atoms with van der Waals surface area (Å²) >= 11 is 0. The third kappa shape index (κ3) is 3.15. The number of aryl methyl sites for hydroxylation is 1. The molecule has 0 unspecified atom stereocenters. The molecule has 0 bridgehead atoms. The van der Waals surface area contributed by atoms with Crippen molar-refractivity contribution in [3.63, 3.8) is 0 Å². The summed E-state index contributed by atoms with van der Waals surface area (Å²) < 4.78 is 13.2. The molecule has 20 heavy (non-hydrogen) atoms. The number of carbonyl (C=O) groups is 1. The fourth-order valence-corrected chi connectivity index (χ4v) is 2.00. The summed E-state index contributed by atoms with van der Waals surface area (Å²) in [5.74, 6) is -0.582. The summed E-state index contributed by atoms with van der Waals surface area (Å²) in [4.78, 5) is 12.2. The van der Waals surface area contributed by atoms with Gasteiger partial charge in [0, 0.05) is 5.69 Å². The Hall–Kier alpha value is -2.36. The van der Waals surface area contributed by atoms with Crippen LogP contribution in [-0.4, -0.2) is 5.91 Å². The van der Waals surface area contributed by atoms with Crippen LogP contribution in [0.5, 0.6) is 0 Å². The zero-order chi connectivity index (χ0) is 14.7. The van der Waals surface area contributed by atoms with Crippen molar-refractivity contribution in [2.45, 2.75) is 19.9 Å². The molecule has 0 fully saturated rings. The molecule has 0 spiro atoms. The molecule has 1 atom stereocenters. The van der Waals surface area contributed by atoms with E-state index in [-0.39, 0.29) is 17.8 Å². The third-order valence-electron chi connectivity index (χ3n) is 3.15. The van der Waals surface area contributed by atoms with E-state index in [1.807, 2.05) is 13.0 Å². The number of nitrogens with two attached hydrogens (primary N) is 1. The number of halogens is 1. The molecule has 3 nitrogen and oxygen atoms in total. The maximum Gasteiger partial charge on any atom is 0.253 e. The standard InChI is InChI=1S/C16H17FN2O/c1-10-6-7-15(18)14(8-10)16(20)19-11(2)12-4-3-5-13(17)9-12/h3-9,11H,18H2,1-2H3,(H,19,20)/t11-/m1/s1. The van der Waals surface area contributed by atoms with Gasteiger partial charge in [0.25, 0.3) is 5.91 Å². The quantitative estimate of drug-likeness (QED) is 0.843. The van der Waals surface area contributed by atoms with Gasteiger partial charge in [0.05, 0.1) is 11.6 Å². The van der Waals surface area contributed by atoms with Gasteiger partial charge < -0.3 is 11.1 Å². The molecule has 2 aromatic carbocycles. The van der Waals surface area contributed by atoms with Crippen LogP contribution in [0.4, 0.5) is 10.1 Å². The Labute approximate surface area is 117 Å². The predicted molar refractivity (Wildman–Crippen MR) is 77.9 cm³/mol. The van der Waals surface area contributed by atoms with Crippen molar-refractivity contribution in [3.05, 3.63) is 65.0 Å². The minimum atomic E-state index is -0.321. The first-order chi connectivity index (χ1) is 9.47. The molecule has 104 valence electrons. The second kappa shape index (κ2) is 5.74. The van der Waals surface area contributed by atoms with Crippen molar-refractivity contribution in [1.82, 2.24) is 5.32 Å². The van der Waals surface area contributed by atoms with E-state index in [4.69, 9.17) is 5.73 Å². The Morgan fingerprint density at radius 1 is 1.25 bits per heavy atom. The van der Waals surface area contributed by atoms with Crippen molar-refractivity contribution < 1.29 is 9.18 Å². The average molecular weight is 272 g/mol. The van der Waals surface area contributed by atoms with E-state index in [2.05, 4.69) is 5.32 Å². The van der Waals surface area contributed by atoms with Gasteiger partial charge in [0.15, 0.2) is 0 Å². The fourth-order valence-electron chi connectivity index (χ4n) is 2.00. The second-order valence-electron chi connectivity index (χ2n) is 4.84. The van der Waals surface area contributed by atoms with E-state index < -0.39 is 0 Å². The number of anilines is 1. The first kappa shape index (κ1) is 14.1. The van der Waals surface area contributed by atoms with Crippen LogP contribution in [0.25, 0.3) is 0 Å². The first-order valence-corrected chi connectivity index (χ1v) is 6.40. The van der Waals surface area contributed by atoms with E-state index >= 15 is 0 Å². The summed E-state index contributed by atoms with van der Waals surface area (Å²) in [5.41, 5.74) is 8.35. The average Bonchev–Trinajstić information content (AvgIpc) is 2.41. The molecular formula is C16H17FN2O. The van der Waals surface area contributed by atoms with Crippen molar-refractivity contribution >= 4 is 11.6 Å². The molecule has 0 radical (unpaired) electrons. The van der Waals surface area contributed by atoms with E-state index in [1.165, 1.54) is 12.1 Å². The van der Waals surface area contributed by atoms with E-state index in [1.54, 1.807) is 31.2 Å². The number of amides is 1. The normalized spacial score (nSPS) is 11.9. The Kier molecular flexibility index (Phi) is 4.03. The highest BCUT2D eigenvalue weighted by molar-refractivity contribution is 5.99. The molecule has 2 aromatic rings. The number of carbonyl (C=O) groups excluding carboxylic acids is 1. The minimum absolute atomic E-state index is 0.261. The number of benzene rings is 2. The van der Waals surface area contributed by atoms with Crippen LogP contribution >= 0.6 is 0 Å². The van der Waals surface area contributed by atoms with Crippen LogP contribution < -0.4 is 11.1 Å². The minimum Gasteiger partial charge on any atom is -0.398 e. The molecule has 4 heteroatoms. The van der Waals surface area contributed by atoms with E-state index in [0.717, 1.165) is 5.56 Å². The second-order valence-corrected chi connectivity index (χ2v) is 4.84. The Morgan fingerprint density at radius 2 is 2.00 bits per heavy atom. The smallest absolute Gasteiger partial charge is 0.253 e. The molecule has 0 aromatic heterocycles. The zero-order valence-electron chi connectivity index (χ0n) is 11.5. The molecule has 0 saturated carbocycles. The lowest BCUT2D eigenvalue weighted by Gasteiger charge is -2.15. The van der Waals surface area contributed by atoms with Crippen molar-refractivity contribution in [2.75, 3.05) is 5.73 Å². The van der Waals surface area contributed by atoms with Gasteiger partial charge in [-0.1, -0.05) is 23.8 Å². The van der Waals surface area contributed by atoms with Gasteiger partial charge in [-0.15, -0.1) is 0 Å². The van der Waals surface area contributed by atoms with Crippen LogP contribution in [0.3, 0.4) is 0 Å². The highest BCUT2D eigenvalue weighted by atomic mass is 19.1. The molecule has 3 N–H and O–H groups in total. The lowest BCUT2D eigenvalue weighted by atomic mass is 10.1. The summed E-state index contributed by atoms with van der Waals surface area (Å²) in [7, 11) is 0. The SMILES string of the molecule is Cc1ccc(N)c(C(=O)N[C@H](C)c2cccc(F)c2)c1. The molecule has 0 heterocycles. The summed E-state index contributed by atoms with van der Waals surface area (Å²) in [6, 6.07) is 11.2. The molecular weight excluding hydrogens is 255 g/mol. The molecule has 1 amide bonds. The highest BCUT2D eigenvalue weighted by Crippen LogP contribution is 2.17. The predicted octanol–water partition coefficient (Wildman–Crippen LogP) is 3.21. The van der Waals surface area contributed by atoms with Crippen LogP contribution in [0.2, 0.25) is 0 Å². The first-order valence-electron chi connectivity index (χ1n) is 6.40. The lowest BCUT2D eigenvalue weighted by Crippen LogP contribution is -2.27. The molecule has 0 saturated heterocycles. The van der Waals surface area contributed by atoms with Crippen LogP contribution in [-0.2, 0) is 0 Å². The monoisotopic (exact) mass is 272 g/mol. The molecule has 0 aliphatic carbocycles. The van der Waals surface area contributed by atoms with E-state index in [9.17, 15) is 9.18 Å². The van der Waals surface area contributed by atoms with Crippen LogP contribution in [0.1, 0.15) is 34.5 Å². The lowest BCUT2D eigenvalue weighted by molar-refractivity contribution is 0.0940. The number of nitrogen functional groups attached to an aromatic ring is 1. The largest absolute Gasteiger partial charge is 0.398 e. The van der Waals surface area contributed by atoms with Gasteiger partial charge in [0.2, 0.25) is 0 Å².